The van der Waals surface area contributed by atoms with Gasteiger partial charge >= 0.3 is 0 Å². The maximum Gasteiger partial charge on any atom is 0.165 e. The molecule has 1 N–H and O–H groups in total. The van der Waals surface area contributed by atoms with Gasteiger partial charge in [0.15, 0.2) is 5.78 Å². The number of hydrogen-bond donors (Lipinski definition) is 1. The van der Waals surface area contributed by atoms with Crippen molar-refractivity contribution in [1.82, 2.24) is 9.97 Å². The van der Waals surface area contributed by atoms with E-state index in [0.29, 0.717) is 6.42 Å². The Morgan fingerprint density at radius 2 is 2.38 bits per heavy atom. The van der Waals surface area contributed by atoms with Crippen molar-refractivity contribution < 1.29 is 4.79 Å². The smallest absolute Gasteiger partial charge is 0.165 e. The summed E-state index contributed by atoms with van der Waals surface area (Å²) in [5.41, 5.74) is 1.51. The van der Waals surface area contributed by atoms with E-state index in [1.165, 1.54) is 0 Å². The molecule has 4 heteroatoms. The number of unbranched alkanes of at least 4 members (excludes halogenated alkanes) is 1. The quantitative estimate of drug-likeness (QED) is 0.868. The number of halogens is 1. The Balaban J connectivity index is 2.37. The molecule has 2 aromatic heterocycles. The van der Waals surface area contributed by atoms with Gasteiger partial charge in [0.1, 0.15) is 5.65 Å². The minimum absolute atomic E-state index is 0.188. The lowest BCUT2D eigenvalue weighted by Crippen LogP contribution is -1.97. The molecule has 84 valence electrons. The highest BCUT2D eigenvalue weighted by molar-refractivity contribution is 9.10. The van der Waals surface area contributed by atoms with E-state index in [0.717, 1.165) is 33.9 Å². The largest absolute Gasteiger partial charge is 0.345 e. The maximum atomic E-state index is 11.9. The van der Waals surface area contributed by atoms with Crippen LogP contribution in [0.5, 0.6) is 0 Å². The van der Waals surface area contributed by atoms with Gasteiger partial charge in [-0.05, 0) is 28.4 Å². The van der Waals surface area contributed by atoms with Crippen molar-refractivity contribution in [2.45, 2.75) is 26.2 Å². The lowest BCUT2D eigenvalue weighted by Gasteiger charge is -1.98. The molecule has 0 aliphatic heterocycles. The number of ketones is 1. The van der Waals surface area contributed by atoms with Crippen molar-refractivity contribution in [1.29, 1.82) is 0 Å². The van der Waals surface area contributed by atoms with Crippen molar-refractivity contribution in [3.05, 3.63) is 28.5 Å². The summed E-state index contributed by atoms with van der Waals surface area (Å²) >= 11 is 3.37. The number of pyridine rings is 1. The van der Waals surface area contributed by atoms with Gasteiger partial charge in [-0.2, -0.15) is 0 Å². The van der Waals surface area contributed by atoms with Gasteiger partial charge in [0.2, 0.25) is 0 Å². The lowest BCUT2D eigenvalue weighted by atomic mass is 10.1. The third-order valence-corrected chi connectivity index (χ3v) is 2.99. The van der Waals surface area contributed by atoms with Gasteiger partial charge in [0.25, 0.3) is 0 Å². The number of aromatic nitrogens is 2. The van der Waals surface area contributed by atoms with Crippen LogP contribution in [0.25, 0.3) is 11.0 Å². The summed E-state index contributed by atoms with van der Waals surface area (Å²) in [6, 6.07) is 1.93. The molecule has 0 unspecified atom stereocenters. The van der Waals surface area contributed by atoms with Crippen LogP contribution in [0.3, 0.4) is 0 Å². The number of carbonyl (C=O) groups excluding carboxylic acids is 1. The fourth-order valence-corrected chi connectivity index (χ4v) is 2.01. The van der Waals surface area contributed by atoms with Crippen LogP contribution in [-0.4, -0.2) is 15.8 Å². The summed E-state index contributed by atoms with van der Waals surface area (Å²) in [4.78, 5) is 19.2. The molecular formula is C12H13BrN2O. The first-order valence-corrected chi connectivity index (χ1v) is 6.17. The van der Waals surface area contributed by atoms with Crippen LogP contribution in [0.4, 0.5) is 0 Å². The van der Waals surface area contributed by atoms with Crippen LogP contribution in [0, 0.1) is 0 Å². The molecule has 0 saturated heterocycles. The minimum atomic E-state index is 0.188. The average molecular weight is 281 g/mol. The van der Waals surface area contributed by atoms with Crippen LogP contribution < -0.4 is 0 Å². The summed E-state index contributed by atoms with van der Waals surface area (Å²) in [6.45, 7) is 2.08. The van der Waals surface area contributed by atoms with Gasteiger partial charge in [-0.25, -0.2) is 4.98 Å². The Morgan fingerprint density at radius 1 is 1.56 bits per heavy atom. The van der Waals surface area contributed by atoms with Gasteiger partial charge in [-0.15, -0.1) is 0 Å². The molecule has 2 heterocycles. The normalized spacial score (nSPS) is 10.9. The Bertz CT molecular complexity index is 519. The molecule has 0 saturated carbocycles. The summed E-state index contributed by atoms with van der Waals surface area (Å²) in [5.74, 6) is 0.188. The molecule has 0 aromatic carbocycles. The van der Waals surface area contributed by atoms with Crippen LogP contribution in [0.15, 0.2) is 22.9 Å². The summed E-state index contributed by atoms with van der Waals surface area (Å²) in [5, 5.41) is 0.899. The Morgan fingerprint density at radius 3 is 3.12 bits per heavy atom. The minimum Gasteiger partial charge on any atom is -0.345 e. The summed E-state index contributed by atoms with van der Waals surface area (Å²) in [6.07, 6.45) is 6.06. The predicted molar refractivity (Wildman–Crippen MR) is 67.6 cm³/mol. The van der Waals surface area contributed by atoms with E-state index in [9.17, 15) is 4.79 Å². The van der Waals surface area contributed by atoms with Crippen molar-refractivity contribution in [3.8, 4) is 0 Å². The van der Waals surface area contributed by atoms with Gasteiger partial charge in [-0.1, -0.05) is 13.3 Å². The fraction of sp³-hybridized carbons (Fsp3) is 0.333. The van der Waals surface area contributed by atoms with Gasteiger partial charge in [-0.3, -0.25) is 4.79 Å². The van der Waals surface area contributed by atoms with Crippen LogP contribution in [0.2, 0.25) is 0 Å². The number of nitrogens with one attached hydrogen (secondary N) is 1. The number of carbonyl (C=O) groups is 1. The number of nitrogens with zero attached hydrogens (tertiary/aromatic N) is 1. The molecule has 0 spiro atoms. The zero-order chi connectivity index (χ0) is 11.5. The van der Waals surface area contributed by atoms with E-state index in [4.69, 9.17) is 0 Å². The van der Waals surface area contributed by atoms with Gasteiger partial charge < -0.3 is 4.98 Å². The number of aromatic amines is 1. The summed E-state index contributed by atoms with van der Waals surface area (Å²) in [7, 11) is 0. The van der Waals surface area contributed by atoms with Crippen LogP contribution in [0.1, 0.15) is 36.5 Å². The Kier molecular flexibility index (Phi) is 3.39. The highest BCUT2D eigenvalue weighted by atomic mass is 79.9. The predicted octanol–water partition coefficient (Wildman–Crippen LogP) is 3.70. The van der Waals surface area contributed by atoms with E-state index in [1.807, 2.05) is 6.07 Å². The van der Waals surface area contributed by atoms with Gasteiger partial charge in [0.05, 0.1) is 0 Å². The molecule has 0 atom stereocenters. The highest BCUT2D eigenvalue weighted by Gasteiger charge is 2.12. The van der Waals surface area contributed by atoms with Crippen LogP contribution in [-0.2, 0) is 0 Å². The zero-order valence-electron chi connectivity index (χ0n) is 9.09. The lowest BCUT2D eigenvalue weighted by molar-refractivity contribution is 0.0981. The first-order chi connectivity index (χ1) is 7.72. The zero-order valence-corrected chi connectivity index (χ0v) is 10.7. The van der Waals surface area contributed by atoms with Crippen molar-refractivity contribution in [2.24, 2.45) is 0 Å². The number of rotatable bonds is 4. The van der Waals surface area contributed by atoms with Gasteiger partial charge in [0, 0.05) is 34.2 Å². The standard InChI is InChI=1S/C12H13BrN2O/c1-2-3-4-11(16)10-7-15-12-9(10)5-8(13)6-14-12/h5-7H,2-4H2,1H3,(H,14,15). The molecule has 0 fully saturated rings. The number of Topliss-reactive ketones (excluding diaryl/α,β-unsaturated/α-hetero) is 1. The molecule has 0 aliphatic carbocycles. The highest BCUT2D eigenvalue weighted by Crippen LogP contribution is 2.22. The monoisotopic (exact) mass is 280 g/mol. The molecule has 2 aromatic rings. The van der Waals surface area contributed by atoms with E-state index >= 15 is 0 Å². The molecular weight excluding hydrogens is 268 g/mol. The first kappa shape index (κ1) is 11.3. The second-order valence-corrected chi connectivity index (χ2v) is 4.69. The molecule has 0 radical (unpaired) electrons. The molecule has 3 nitrogen and oxygen atoms in total. The van der Waals surface area contributed by atoms with E-state index in [1.54, 1.807) is 12.4 Å². The first-order valence-electron chi connectivity index (χ1n) is 5.38. The molecule has 0 aliphatic rings. The second kappa shape index (κ2) is 4.78. The average Bonchev–Trinajstić information content (AvgIpc) is 2.68. The topological polar surface area (TPSA) is 45.8 Å². The van der Waals surface area contributed by atoms with Crippen molar-refractivity contribution in [3.63, 3.8) is 0 Å². The maximum absolute atomic E-state index is 11.9. The Labute approximate surface area is 102 Å². The Hall–Kier alpha value is -1.16. The van der Waals surface area contributed by atoms with Crippen LogP contribution >= 0.6 is 15.9 Å². The molecule has 2 rings (SSSR count). The molecule has 0 bridgehead atoms. The number of fused-ring (bicyclic) bond motifs is 1. The van der Waals surface area contributed by atoms with E-state index in [-0.39, 0.29) is 5.78 Å². The molecule has 16 heavy (non-hydrogen) atoms. The number of H-pyrrole nitrogens is 1. The van der Waals surface area contributed by atoms with Crippen molar-refractivity contribution >= 4 is 32.7 Å². The molecule has 0 amide bonds. The number of hydrogen-bond acceptors (Lipinski definition) is 2. The van der Waals surface area contributed by atoms with E-state index in [2.05, 4.69) is 32.8 Å². The SMILES string of the molecule is CCCCC(=O)c1c[nH]c2ncc(Br)cc12. The third-order valence-electron chi connectivity index (χ3n) is 2.56. The fourth-order valence-electron chi connectivity index (χ4n) is 1.68. The summed E-state index contributed by atoms with van der Waals surface area (Å²) < 4.78 is 0.893. The second-order valence-electron chi connectivity index (χ2n) is 3.78. The van der Waals surface area contributed by atoms with Crippen molar-refractivity contribution in [2.75, 3.05) is 0 Å². The van der Waals surface area contributed by atoms with E-state index < -0.39 is 0 Å². The third kappa shape index (κ3) is 2.16.